The molecular formula is C18H19N5O3. The van der Waals surface area contributed by atoms with Crippen LogP contribution in [0.5, 0.6) is 0 Å². The molecule has 0 bridgehead atoms. The molecule has 0 spiro atoms. The van der Waals surface area contributed by atoms with Gasteiger partial charge in [0.1, 0.15) is 6.54 Å². The van der Waals surface area contributed by atoms with Crippen molar-refractivity contribution in [3.63, 3.8) is 0 Å². The predicted molar refractivity (Wildman–Crippen MR) is 95.1 cm³/mol. The largest absolute Gasteiger partial charge is 0.490 e. The summed E-state index contributed by atoms with van der Waals surface area (Å²) in [5.74, 6) is -0.657. The van der Waals surface area contributed by atoms with Gasteiger partial charge < -0.3 is 14.7 Å². The van der Waals surface area contributed by atoms with Crippen molar-refractivity contribution >= 4 is 11.7 Å². The normalized spacial score (nSPS) is 10.8. The average molecular weight is 353 g/mol. The number of hydrogen-bond acceptors (Lipinski definition) is 5. The molecule has 0 fully saturated rings. The Bertz CT molecular complexity index is 943. The summed E-state index contributed by atoms with van der Waals surface area (Å²) in [6.07, 6.45) is 2.07. The Balaban J connectivity index is 1.73. The van der Waals surface area contributed by atoms with Crippen LogP contribution < -0.4 is 0 Å². The van der Waals surface area contributed by atoms with Gasteiger partial charge in [0.15, 0.2) is 5.78 Å². The first-order valence-corrected chi connectivity index (χ1v) is 8.23. The summed E-state index contributed by atoms with van der Waals surface area (Å²) in [5.41, 5.74) is 3.74. The molecule has 26 heavy (non-hydrogen) atoms. The third-order valence-corrected chi connectivity index (χ3v) is 4.33. The molecule has 0 radical (unpaired) electrons. The molecule has 3 rings (SSSR count). The van der Waals surface area contributed by atoms with Gasteiger partial charge in [-0.2, -0.15) is 4.68 Å². The highest BCUT2D eigenvalue weighted by Crippen LogP contribution is 2.17. The summed E-state index contributed by atoms with van der Waals surface area (Å²) in [6, 6.07) is 12.0. The fraction of sp³-hybridized carbons (Fsp3) is 0.278. The number of ketones is 1. The summed E-state index contributed by atoms with van der Waals surface area (Å²) < 4.78 is 3.31. The molecule has 0 saturated carbocycles. The van der Waals surface area contributed by atoms with Crippen molar-refractivity contribution in [2.45, 2.75) is 33.4 Å². The van der Waals surface area contributed by atoms with E-state index in [2.05, 4.69) is 26.8 Å². The van der Waals surface area contributed by atoms with E-state index in [-0.39, 0.29) is 12.3 Å². The van der Waals surface area contributed by atoms with Crippen LogP contribution in [0.2, 0.25) is 0 Å². The van der Waals surface area contributed by atoms with Gasteiger partial charge >= 0.3 is 5.95 Å². The first kappa shape index (κ1) is 17.5. The van der Waals surface area contributed by atoms with Gasteiger partial charge in [-0.3, -0.25) is 4.79 Å². The molecule has 8 nitrogen and oxygen atoms in total. The molecule has 0 amide bonds. The van der Waals surface area contributed by atoms with Gasteiger partial charge in [-0.05, 0) is 36.8 Å². The van der Waals surface area contributed by atoms with E-state index in [0.29, 0.717) is 5.56 Å². The molecule has 0 aliphatic carbocycles. The Morgan fingerprint density at radius 1 is 1.23 bits per heavy atom. The molecule has 0 unspecified atom stereocenters. The van der Waals surface area contributed by atoms with E-state index in [0.717, 1.165) is 24.4 Å². The lowest BCUT2D eigenvalue weighted by Gasteiger charge is -2.10. The van der Waals surface area contributed by atoms with E-state index in [1.165, 1.54) is 16.6 Å². The van der Waals surface area contributed by atoms with Crippen molar-refractivity contribution in [2.75, 3.05) is 0 Å². The number of hydrogen-bond donors (Lipinski definition) is 0. The smallest absolute Gasteiger partial charge is 0.390 e. The highest BCUT2D eigenvalue weighted by molar-refractivity contribution is 5.97. The van der Waals surface area contributed by atoms with Crippen LogP contribution in [0.15, 0.2) is 42.7 Å². The number of carbonyl (C=O) groups excluding carboxylic acids is 1. The first-order chi connectivity index (χ1) is 12.5. The number of benzene rings is 1. The van der Waals surface area contributed by atoms with Gasteiger partial charge in [0, 0.05) is 28.6 Å². The number of nitro groups is 1. The van der Waals surface area contributed by atoms with Crippen LogP contribution in [0.3, 0.4) is 0 Å². The lowest BCUT2D eigenvalue weighted by atomic mass is 10.1. The van der Waals surface area contributed by atoms with E-state index < -0.39 is 10.9 Å². The number of aromatic nitrogens is 4. The number of aryl methyl sites for hydroxylation is 2. The third kappa shape index (κ3) is 3.69. The Hall–Kier alpha value is -3.29. The van der Waals surface area contributed by atoms with Gasteiger partial charge in [0.25, 0.3) is 0 Å². The maximum atomic E-state index is 12.6. The zero-order chi connectivity index (χ0) is 18.7. The van der Waals surface area contributed by atoms with Gasteiger partial charge in [-0.15, -0.1) is 0 Å². The lowest BCUT2D eigenvalue weighted by molar-refractivity contribution is -0.394. The topological polar surface area (TPSA) is 95.8 Å². The van der Waals surface area contributed by atoms with Crippen molar-refractivity contribution < 1.29 is 9.72 Å². The van der Waals surface area contributed by atoms with E-state index in [1.54, 1.807) is 0 Å². The highest BCUT2D eigenvalue weighted by Gasteiger charge is 2.19. The van der Waals surface area contributed by atoms with Crippen molar-refractivity contribution in [1.82, 2.24) is 19.3 Å². The second-order valence-corrected chi connectivity index (χ2v) is 6.09. The molecule has 8 heteroatoms. The molecule has 2 aromatic heterocycles. The monoisotopic (exact) mass is 353 g/mol. The first-order valence-electron chi connectivity index (χ1n) is 8.23. The molecule has 134 valence electrons. The van der Waals surface area contributed by atoms with Crippen LogP contribution >= 0.6 is 0 Å². The SMILES string of the molecule is Cc1cc(C(=O)Cn2cnc([N+](=O)[O-])n2)c(C)n1CCc1ccccc1. The molecule has 1 aromatic carbocycles. The van der Waals surface area contributed by atoms with Crippen LogP contribution in [0.4, 0.5) is 5.95 Å². The summed E-state index contributed by atoms with van der Waals surface area (Å²) >= 11 is 0. The van der Waals surface area contributed by atoms with Crippen molar-refractivity contribution in [1.29, 1.82) is 0 Å². The second-order valence-electron chi connectivity index (χ2n) is 6.09. The average Bonchev–Trinajstić information content (AvgIpc) is 3.19. The fourth-order valence-electron chi connectivity index (χ4n) is 2.99. The Morgan fingerprint density at radius 2 is 1.96 bits per heavy atom. The molecule has 0 atom stereocenters. The minimum atomic E-state index is -0.684. The minimum Gasteiger partial charge on any atom is -0.390 e. The van der Waals surface area contributed by atoms with E-state index in [9.17, 15) is 14.9 Å². The third-order valence-electron chi connectivity index (χ3n) is 4.33. The van der Waals surface area contributed by atoms with Gasteiger partial charge in [-0.25, -0.2) is 0 Å². The van der Waals surface area contributed by atoms with Crippen LogP contribution in [-0.2, 0) is 19.5 Å². The second kappa shape index (κ2) is 7.30. The molecule has 2 heterocycles. The summed E-state index contributed by atoms with van der Waals surface area (Å²) in [7, 11) is 0. The van der Waals surface area contributed by atoms with E-state index in [4.69, 9.17) is 0 Å². The van der Waals surface area contributed by atoms with Gasteiger partial charge in [-0.1, -0.05) is 35.3 Å². The van der Waals surface area contributed by atoms with Crippen molar-refractivity contribution in [2.24, 2.45) is 0 Å². The summed E-state index contributed by atoms with van der Waals surface area (Å²) in [5, 5.41) is 14.3. The zero-order valence-corrected chi connectivity index (χ0v) is 14.6. The molecule has 0 saturated heterocycles. The maximum absolute atomic E-state index is 12.6. The standard InChI is InChI=1S/C18H19N5O3/c1-13-10-16(17(24)11-21-12-19-18(20-21)23(25)26)14(2)22(13)9-8-15-6-4-3-5-7-15/h3-7,10,12H,8-9,11H2,1-2H3. The van der Waals surface area contributed by atoms with Crippen LogP contribution in [-0.4, -0.2) is 30.0 Å². The Labute approximate surface area is 150 Å². The fourth-order valence-corrected chi connectivity index (χ4v) is 2.99. The quantitative estimate of drug-likeness (QED) is 0.370. The minimum absolute atomic E-state index is 0.0795. The summed E-state index contributed by atoms with van der Waals surface area (Å²) in [4.78, 5) is 26.1. The Morgan fingerprint density at radius 3 is 2.62 bits per heavy atom. The lowest BCUT2D eigenvalue weighted by Crippen LogP contribution is -2.13. The number of nitrogens with zero attached hydrogens (tertiary/aromatic N) is 5. The molecule has 0 N–H and O–H groups in total. The highest BCUT2D eigenvalue weighted by atomic mass is 16.6. The summed E-state index contributed by atoms with van der Waals surface area (Å²) in [6.45, 7) is 4.58. The van der Waals surface area contributed by atoms with E-state index >= 15 is 0 Å². The number of rotatable bonds is 7. The Kier molecular flexibility index (Phi) is 4.92. The molecule has 0 aliphatic rings. The van der Waals surface area contributed by atoms with Crippen molar-refractivity contribution in [3.05, 3.63) is 75.4 Å². The van der Waals surface area contributed by atoms with Crippen LogP contribution in [0.1, 0.15) is 27.3 Å². The van der Waals surface area contributed by atoms with Crippen LogP contribution in [0, 0.1) is 24.0 Å². The maximum Gasteiger partial charge on any atom is 0.490 e. The molecule has 3 aromatic rings. The number of carbonyl (C=O) groups is 1. The van der Waals surface area contributed by atoms with E-state index in [1.807, 2.05) is 38.1 Å². The van der Waals surface area contributed by atoms with Gasteiger partial charge in [0.05, 0.1) is 0 Å². The number of Topliss-reactive ketones (excluding diaryl/α,β-unsaturated/α-hetero) is 1. The predicted octanol–water partition coefficient (Wildman–Crippen LogP) is 2.73. The van der Waals surface area contributed by atoms with Crippen LogP contribution in [0.25, 0.3) is 0 Å². The molecule has 0 aliphatic heterocycles. The van der Waals surface area contributed by atoms with Crippen molar-refractivity contribution in [3.8, 4) is 0 Å². The molecular weight excluding hydrogens is 334 g/mol. The zero-order valence-electron chi connectivity index (χ0n) is 14.6. The van der Waals surface area contributed by atoms with Gasteiger partial charge in [0.2, 0.25) is 6.33 Å².